The van der Waals surface area contributed by atoms with E-state index in [0.29, 0.717) is 21.1 Å². The molecular formula is C14H9BrClN3O2. The Morgan fingerprint density at radius 1 is 1.33 bits per heavy atom. The Morgan fingerprint density at radius 2 is 2.19 bits per heavy atom. The Morgan fingerprint density at radius 3 is 2.86 bits per heavy atom. The van der Waals surface area contributed by atoms with E-state index in [2.05, 4.69) is 26.3 Å². The van der Waals surface area contributed by atoms with Crippen molar-refractivity contribution < 1.29 is 9.21 Å². The van der Waals surface area contributed by atoms with Crippen LogP contribution in [0.4, 0.5) is 5.69 Å². The number of rotatable bonds is 3. The molecule has 106 valence electrons. The molecule has 2 aromatic heterocycles. The Kier molecular flexibility index (Phi) is 3.81. The van der Waals surface area contributed by atoms with Gasteiger partial charge in [0.25, 0.3) is 5.91 Å². The minimum absolute atomic E-state index is 0.202. The number of carbonyl (C=O) groups excluding carboxylic acids is 1. The standard InChI is InChI=1S/C14H9BrClN3O2/c15-13-5-4-12(21-13)14(20)18-10-8-9(16)2-3-11(10)19-7-1-6-17-19/h1-8H,(H,18,20). The van der Waals surface area contributed by atoms with Gasteiger partial charge in [0.15, 0.2) is 10.4 Å². The molecule has 0 saturated carbocycles. The monoisotopic (exact) mass is 365 g/mol. The highest BCUT2D eigenvalue weighted by molar-refractivity contribution is 9.10. The van der Waals surface area contributed by atoms with Crippen LogP contribution >= 0.6 is 27.5 Å². The molecule has 0 unspecified atom stereocenters. The van der Waals surface area contributed by atoms with Gasteiger partial charge in [0.05, 0.1) is 11.4 Å². The average molecular weight is 367 g/mol. The van der Waals surface area contributed by atoms with Crippen molar-refractivity contribution in [1.29, 1.82) is 0 Å². The molecule has 3 rings (SSSR count). The third-order valence-corrected chi connectivity index (χ3v) is 3.42. The fourth-order valence-electron chi connectivity index (χ4n) is 1.84. The van der Waals surface area contributed by atoms with Crippen LogP contribution in [0, 0.1) is 0 Å². The molecule has 1 N–H and O–H groups in total. The van der Waals surface area contributed by atoms with Gasteiger partial charge in [-0.1, -0.05) is 11.6 Å². The first-order valence-electron chi connectivity index (χ1n) is 6.00. The highest BCUT2D eigenvalue weighted by Gasteiger charge is 2.14. The van der Waals surface area contributed by atoms with Gasteiger partial charge in [-0.15, -0.1) is 0 Å². The fourth-order valence-corrected chi connectivity index (χ4v) is 2.32. The summed E-state index contributed by atoms with van der Waals surface area (Å²) in [7, 11) is 0. The van der Waals surface area contributed by atoms with Crippen molar-refractivity contribution in [1.82, 2.24) is 9.78 Å². The third-order valence-electron chi connectivity index (χ3n) is 2.76. The van der Waals surface area contributed by atoms with E-state index in [-0.39, 0.29) is 11.7 Å². The number of hydrogen-bond donors (Lipinski definition) is 1. The molecule has 0 spiro atoms. The lowest BCUT2D eigenvalue weighted by molar-refractivity contribution is 0.0995. The van der Waals surface area contributed by atoms with Crippen LogP contribution in [0.3, 0.4) is 0 Å². The van der Waals surface area contributed by atoms with Gasteiger partial charge in [-0.2, -0.15) is 5.10 Å². The lowest BCUT2D eigenvalue weighted by Crippen LogP contribution is -2.13. The predicted molar refractivity (Wildman–Crippen MR) is 82.9 cm³/mol. The Hall–Kier alpha value is -2.05. The minimum Gasteiger partial charge on any atom is -0.444 e. The highest BCUT2D eigenvalue weighted by Crippen LogP contribution is 2.25. The number of furan rings is 1. The first kappa shape index (κ1) is 13.9. The van der Waals surface area contributed by atoms with E-state index in [1.54, 1.807) is 53.5 Å². The predicted octanol–water partition coefficient (Wildman–Crippen LogP) is 4.13. The van der Waals surface area contributed by atoms with Gasteiger partial charge < -0.3 is 9.73 Å². The lowest BCUT2D eigenvalue weighted by Gasteiger charge is -2.10. The molecule has 3 aromatic rings. The van der Waals surface area contributed by atoms with E-state index in [0.717, 1.165) is 0 Å². The zero-order valence-corrected chi connectivity index (χ0v) is 12.9. The van der Waals surface area contributed by atoms with Crippen LogP contribution < -0.4 is 5.32 Å². The normalized spacial score (nSPS) is 10.6. The molecule has 1 amide bonds. The minimum atomic E-state index is -0.364. The van der Waals surface area contributed by atoms with E-state index in [1.165, 1.54) is 0 Å². The molecule has 0 aliphatic rings. The van der Waals surface area contributed by atoms with E-state index in [4.69, 9.17) is 16.0 Å². The molecule has 7 heteroatoms. The van der Waals surface area contributed by atoms with Crippen LogP contribution in [0.1, 0.15) is 10.6 Å². The quantitative estimate of drug-likeness (QED) is 0.758. The number of benzene rings is 1. The first-order chi connectivity index (χ1) is 10.1. The Balaban J connectivity index is 1.94. The Bertz CT molecular complexity index is 783. The largest absolute Gasteiger partial charge is 0.444 e. The summed E-state index contributed by atoms with van der Waals surface area (Å²) in [5.74, 6) is -0.162. The zero-order chi connectivity index (χ0) is 14.8. The average Bonchev–Trinajstić information content (AvgIpc) is 3.10. The summed E-state index contributed by atoms with van der Waals surface area (Å²) < 4.78 is 7.36. The van der Waals surface area contributed by atoms with Gasteiger partial charge in [-0.3, -0.25) is 4.79 Å². The number of hydrogen-bond acceptors (Lipinski definition) is 3. The SMILES string of the molecule is O=C(Nc1cc(Cl)ccc1-n1cccn1)c1ccc(Br)o1. The van der Waals surface area contributed by atoms with E-state index < -0.39 is 0 Å². The molecule has 1 aromatic carbocycles. The molecule has 0 aliphatic carbocycles. The van der Waals surface area contributed by atoms with Gasteiger partial charge in [0.1, 0.15) is 0 Å². The molecule has 2 heterocycles. The summed E-state index contributed by atoms with van der Waals surface area (Å²) in [5, 5.41) is 7.44. The maximum absolute atomic E-state index is 12.2. The number of carbonyl (C=O) groups is 1. The summed E-state index contributed by atoms with van der Waals surface area (Å²) in [5.41, 5.74) is 1.26. The van der Waals surface area contributed by atoms with Gasteiger partial charge in [0.2, 0.25) is 0 Å². The molecule has 5 nitrogen and oxygen atoms in total. The zero-order valence-electron chi connectivity index (χ0n) is 10.6. The van der Waals surface area contributed by atoms with E-state index in [9.17, 15) is 4.79 Å². The highest BCUT2D eigenvalue weighted by atomic mass is 79.9. The van der Waals surface area contributed by atoms with E-state index >= 15 is 0 Å². The Labute approximate surface area is 133 Å². The van der Waals surface area contributed by atoms with Gasteiger partial charge >= 0.3 is 0 Å². The number of anilines is 1. The maximum Gasteiger partial charge on any atom is 0.291 e. The number of nitrogens with one attached hydrogen (secondary N) is 1. The van der Waals surface area contributed by atoms with Crippen molar-refractivity contribution >= 4 is 39.1 Å². The molecule has 0 radical (unpaired) electrons. The molecule has 0 bridgehead atoms. The molecule has 21 heavy (non-hydrogen) atoms. The van der Waals surface area contributed by atoms with Gasteiger partial charge in [-0.25, -0.2) is 4.68 Å². The van der Waals surface area contributed by atoms with Crippen LogP contribution in [0.15, 0.2) is 57.9 Å². The maximum atomic E-state index is 12.2. The molecule has 0 aliphatic heterocycles. The van der Waals surface area contributed by atoms with Crippen molar-refractivity contribution in [3.63, 3.8) is 0 Å². The second kappa shape index (κ2) is 5.75. The van der Waals surface area contributed by atoms with Crippen LogP contribution in [0.2, 0.25) is 5.02 Å². The number of halogens is 2. The third kappa shape index (κ3) is 3.01. The van der Waals surface area contributed by atoms with Crippen molar-refractivity contribution in [2.24, 2.45) is 0 Å². The topological polar surface area (TPSA) is 60.1 Å². The molecule has 0 saturated heterocycles. The van der Waals surface area contributed by atoms with E-state index in [1.807, 2.05) is 0 Å². The van der Waals surface area contributed by atoms with Crippen molar-refractivity contribution in [2.45, 2.75) is 0 Å². The fraction of sp³-hybridized carbons (Fsp3) is 0. The van der Waals surface area contributed by atoms with Crippen LogP contribution in [0.5, 0.6) is 0 Å². The first-order valence-corrected chi connectivity index (χ1v) is 7.17. The number of aromatic nitrogens is 2. The second-order valence-corrected chi connectivity index (χ2v) is 5.39. The van der Waals surface area contributed by atoms with Gasteiger partial charge in [-0.05, 0) is 52.3 Å². The summed E-state index contributed by atoms with van der Waals surface area (Å²) in [6.07, 6.45) is 3.44. The molecule has 0 atom stereocenters. The van der Waals surface area contributed by atoms with Crippen LogP contribution in [0.25, 0.3) is 5.69 Å². The summed E-state index contributed by atoms with van der Waals surface area (Å²) >= 11 is 9.16. The van der Waals surface area contributed by atoms with Gasteiger partial charge in [0, 0.05) is 17.4 Å². The summed E-state index contributed by atoms with van der Waals surface area (Å²) in [6, 6.07) is 10.2. The lowest BCUT2D eigenvalue weighted by atomic mass is 10.2. The van der Waals surface area contributed by atoms with Crippen molar-refractivity contribution in [3.05, 3.63) is 64.2 Å². The van der Waals surface area contributed by atoms with Crippen molar-refractivity contribution in [2.75, 3.05) is 5.32 Å². The summed E-state index contributed by atoms with van der Waals surface area (Å²) in [4.78, 5) is 12.2. The second-order valence-electron chi connectivity index (χ2n) is 4.17. The smallest absolute Gasteiger partial charge is 0.291 e. The summed E-state index contributed by atoms with van der Waals surface area (Å²) in [6.45, 7) is 0. The number of amides is 1. The number of nitrogens with zero attached hydrogens (tertiary/aromatic N) is 2. The van der Waals surface area contributed by atoms with Crippen molar-refractivity contribution in [3.8, 4) is 5.69 Å². The van der Waals surface area contributed by atoms with Crippen LogP contribution in [-0.4, -0.2) is 15.7 Å². The molecular weight excluding hydrogens is 358 g/mol. The molecule has 0 fully saturated rings. The van der Waals surface area contributed by atoms with Crippen LogP contribution in [-0.2, 0) is 0 Å².